The van der Waals surface area contributed by atoms with Crippen molar-refractivity contribution < 1.29 is 4.79 Å². The molecule has 2 aromatic heterocycles. The van der Waals surface area contributed by atoms with E-state index >= 15 is 0 Å². The SMILES string of the molecule is O=C1NCCCc2[nH]c(-c3cccc4[nH]ccc34)nc21. The Bertz CT molecular complexity index is 799. The molecule has 0 aliphatic carbocycles. The third-order valence-corrected chi connectivity index (χ3v) is 3.73. The Morgan fingerprint density at radius 2 is 2.15 bits per heavy atom. The number of H-pyrrole nitrogens is 2. The van der Waals surface area contributed by atoms with Crippen LogP contribution in [0.3, 0.4) is 0 Å². The number of aryl methyl sites for hydroxylation is 1. The van der Waals surface area contributed by atoms with Crippen LogP contribution in [-0.2, 0) is 6.42 Å². The topological polar surface area (TPSA) is 73.6 Å². The zero-order chi connectivity index (χ0) is 13.5. The summed E-state index contributed by atoms with van der Waals surface area (Å²) in [5.41, 5.74) is 3.55. The van der Waals surface area contributed by atoms with Crippen LogP contribution in [0.15, 0.2) is 30.5 Å². The Morgan fingerprint density at radius 3 is 3.10 bits per heavy atom. The minimum Gasteiger partial charge on any atom is -0.361 e. The highest BCUT2D eigenvalue weighted by Gasteiger charge is 2.21. The molecular formula is C15H14N4O. The molecule has 3 N–H and O–H groups in total. The standard InChI is InChI=1S/C15H14N4O/c20-15-13-12(5-2-7-17-15)18-14(19-13)10-3-1-4-11-9(10)6-8-16-11/h1,3-4,6,8,16H,2,5,7H2,(H,17,20)(H,18,19). The molecule has 0 bridgehead atoms. The predicted octanol–water partition coefficient (Wildman–Crippen LogP) is 2.23. The fourth-order valence-electron chi connectivity index (χ4n) is 2.75. The van der Waals surface area contributed by atoms with Gasteiger partial charge in [0.2, 0.25) is 0 Å². The van der Waals surface area contributed by atoms with Crippen molar-refractivity contribution in [1.29, 1.82) is 0 Å². The van der Waals surface area contributed by atoms with Crippen LogP contribution in [0.2, 0.25) is 0 Å². The van der Waals surface area contributed by atoms with Crippen molar-refractivity contribution in [3.8, 4) is 11.4 Å². The van der Waals surface area contributed by atoms with Crippen molar-refractivity contribution in [2.75, 3.05) is 6.54 Å². The fourth-order valence-corrected chi connectivity index (χ4v) is 2.75. The quantitative estimate of drug-likeness (QED) is 0.632. The van der Waals surface area contributed by atoms with Gasteiger partial charge in [-0.05, 0) is 25.0 Å². The third kappa shape index (κ3) is 1.63. The Balaban J connectivity index is 1.89. The normalized spacial score (nSPS) is 14.9. The molecule has 5 heteroatoms. The van der Waals surface area contributed by atoms with Gasteiger partial charge in [0.25, 0.3) is 5.91 Å². The zero-order valence-corrected chi connectivity index (χ0v) is 10.9. The minimum atomic E-state index is -0.0822. The number of carbonyl (C=O) groups is 1. The largest absolute Gasteiger partial charge is 0.361 e. The number of aromatic amines is 2. The van der Waals surface area contributed by atoms with Gasteiger partial charge in [-0.15, -0.1) is 0 Å². The summed E-state index contributed by atoms with van der Waals surface area (Å²) in [4.78, 5) is 23.0. The monoisotopic (exact) mass is 266 g/mol. The summed E-state index contributed by atoms with van der Waals surface area (Å²) in [5.74, 6) is 0.679. The second-order valence-electron chi connectivity index (χ2n) is 5.02. The van der Waals surface area contributed by atoms with Crippen molar-refractivity contribution in [3.05, 3.63) is 41.9 Å². The first-order valence-electron chi connectivity index (χ1n) is 6.76. The number of fused-ring (bicyclic) bond motifs is 2. The first-order valence-corrected chi connectivity index (χ1v) is 6.76. The molecule has 4 rings (SSSR count). The van der Waals surface area contributed by atoms with Crippen molar-refractivity contribution >= 4 is 16.8 Å². The summed E-state index contributed by atoms with van der Waals surface area (Å²) in [5, 5.41) is 3.98. The molecule has 5 nitrogen and oxygen atoms in total. The molecule has 1 aromatic carbocycles. The third-order valence-electron chi connectivity index (χ3n) is 3.73. The average Bonchev–Trinajstić information content (AvgIpc) is 3.06. The molecule has 0 radical (unpaired) electrons. The van der Waals surface area contributed by atoms with E-state index in [1.807, 2.05) is 30.5 Å². The molecule has 1 amide bonds. The highest BCUT2D eigenvalue weighted by Crippen LogP contribution is 2.27. The number of hydrogen-bond acceptors (Lipinski definition) is 2. The number of nitrogens with one attached hydrogen (secondary N) is 3. The van der Waals surface area contributed by atoms with Gasteiger partial charge in [-0.1, -0.05) is 12.1 Å². The Morgan fingerprint density at radius 1 is 1.20 bits per heavy atom. The van der Waals surface area contributed by atoms with Crippen molar-refractivity contribution in [2.45, 2.75) is 12.8 Å². The lowest BCUT2D eigenvalue weighted by molar-refractivity contribution is 0.0951. The summed E-state index contributed by atoms with van der Waals surface area (Å²) in [6, 6.07) is 8.06. The van der Waals surface area contributed by atoms with Gasteiger partial charge in [0.05, 0.1) is 0 Å². The highest BCUT2D eigenvalue weighted by molar-refractivity contribution is 5.97. The zero-order valence-electron chi connectivity index (χ0n) is 10.9. The van der Waals surface area contributed by atoms with Gasteiger partial charge in [-0.3, -0.25) is 4.79 Å². The van der Waals surface area contributed by atoms with Gasteiger partial charge in [0.15, 0.2) is 0 Å². The lowest BCUT2D eigenvalue weighted by Gasteiger charge is -2.00. The maximum Gasteiger partial charge on any atom is 0.271 e. The molecule has 100 valence electrons. The molecule has 0 spiro atoms. The van der Waals surface area contributed by atoms with Crippen LogP contribution in [0, 0.1) is 0 Å². The van der Waals surface area contributed by atoms with Crippen LogP contribution >= 0.6 is 0 Å². The van der Waals surface area contributed by atoms with Gasteiger partial charge >= 0.3 is 0 Å². The lowest BCUT2D eigenvalue weighted by atomic mass is 10.1. The molecule has 0 saturated carbocycles. The maximum atomic E-state index is 12.0. The number of nitrogens with zero attached hydrogens (tertiary/aromatic N) is 1. The van der Waals surface area contributed by atoms with E-state index in [0.717, 1.165) is 40.8 Å². The molecule has 0 saturated heterocycles. The van der Waals surface area contributed by atoms with Crippen LogP contribution in [0.25, 0.3) is 22.3 Å². The minimum absolute atomic E-state index is 0.0822. The van der Waals surface area contributed by atoms with Crippen molar-refractivity contribution in [2.24, 2.45) is 0 Å². The maximum absolute atomic E-state index is 12.0. The number of benzene rings is 1. The second-order valence-corrected chi connectivity index (χ2v) is 5.02. The summed E-state index contributed by atoms with van der Waals surface area (Å²) in [6.45, 7) is 0.714. The second kappa shape index (κ2) is 4.23. The summed E-state index contributed by atoms with van der Waals surface area (Å²) < 4.78 is 0. The van der Waals surface area contributed by atoms with Crippen molar-refractivity contribution in [1.82, 2.24) is 20.3 Å². The Labute approximate surface area is 115 Å². The smallest absolute Gasteiger partial charge is 0.271 e. The lowest BCUT2D eigenvalue weighted by Crippen LogP contribution is -2.23. The first-order chi connectivity index (χ1) is 9.83. The van der Waals surface area contributed by atoms with E-state index in [1.165, 1.54) is 0 Å². The predicted molar refractivity (Wildman–Crippen MR) is 76.5 cm³/mol. The molecule has 0 atom stereocenters. The van der Waals surface area contributed by atoms with Gasteiger partial charge in [-0.25, -0.2) is 4.98 Å². The summed E-state index contributed by atoms with van der Waals surface area (Å²) in [7, 11) is 0. The van der Waals surface area contributed by atoms with Crippen LogP contribution in [0.4, 0.5) is 0 Å². The van der Waals surface area contributed by atoms with E-state index in [9.17, 15) is 4.79 Å². The van der Waals surface area contributed by atoms with E-state index in [0.29, 0.717) is 12.2 Å². The molecular weight excluding hydrogens is 252 g/mol. The summed E-state index contributed by atoms with van der Waals surface area (Å²) in [6.07, 6.45) is 3.70. The van der Waals surface area contributed by atoms with Gasteiger partial charge in [0, 0.05) is 34.9 Å². The number of rotatable bonds is 1. The number of carbonyl (C=O) groups excluding carboxylic acids is 1. The molecule has 0 fully saturated rings. The number of hydrogen-bond donors (Lipinski definition) is 3. The summed E-state index contributed by atoms with van der Waals surface area (Å²) >= 11 is 0. The molecule has 20 heavy (non-hydrogen) atoms. The molecule has 1 aliphatic heterocycles. The highest BCUT2D eigenvalue weighted by atomic mass is 16.1. The van der Waals surface area contributed by atoms with E-state index in [2.05, 4.69) is 20.3 Å². The molecule has 3 heterocycles. The Hall–Kier alpha value is -2.56. The van der Waals surface area contributed by atoms with E-state index in [-0.39, 0.29) is 5.91 Å². The van der Waals surface area contributed by atoms with Crippen LogP contribution in [0.1, 0.15) is 22.6 Å². The van der Waals surface area contributed by atoms with Crippen LogP contribution in [0.5, 0.6) is 0 Å². The van der Waals surface area contributed by atoms with E-state index in [4.69, 9.17) is 0 Å². The van der Waals surface area contributed by atoms with Crippen molar-refractivity contribution in [3.63, 3.8) is 0 Å². The van der Waals surface area contributed by atoms with E-state index < -0.39 is 0 Å². The van der Waals surface area contributed by atoms with Crippen LogP contribution < -0.4 is 5.32 Å². The fraction of sp³-hybridized carbons (Fsp3) is 0.200. The van der Waals surface area contributed by atoms with Gasteiger partial charge < -0.3 is 15.3 Å². The average molecular weight is 266 g/mol. The number of aromatic nitrogens is 3. The van der Waals surface area contributed by atoms with Gasteiger partial charge in [0.1, 0.15) is 11.5 Å². The first kappa shape index (κ1) is 11.3. The number of imidazole rings is 1. The molecule has 0 unspecified atom stereocenters. The number of amides is 1. The van der Waals surface area contributed by atoms with Crippen LogP contribution in [-0.4, -0.2) is 27.4 Å². The van der Waals surface area contributed by atoms with Gasteiger partial charge in [-0.2, -0.15) is 0 Å². The van der Waals surface area contributed by atoms with E-state index in [1.54, 1.807) is 0 Å². The molecule has 3 aromatic rings. The molecule has 1 aliphatic rings. The Kier molecular flexibility index (Phi) is 2.39.